The van der Waals surface area contributed by atoms with Gasteiger partial charge >= 0.3 is 0 Å². The van der Waals surface area contributed by atoms with Crippen LogP contribution < -0.4 is 15.0 Å². The number of methoxy groups -OCH3 is 2. The van der Waals surface area contributed by atoms with E-state index < -0.39 is 0 Å². The average molecular weight is 428 g/mol. The van der Waals surface area contributed by atoms with Crippen LogP contribution in [0, 0.1) is 0 Å². The summed E-state index contributed by atoms with van der Waals surface area (Å²) >= 11 is 5.97. The lowest BCUT2D eigenvalue weighted by molar-refractivity contribution is 0.355. The highest BCUT2D eigenvalue weighted by Crippen LogP contribution is 2.30. The maximum absolute atomic E-state index is 13.3. The maximum atomic E-state index is 13.3. The fourth-order valence-electron chi connectivity index (χ4n) is 3.20. The van der Waals surface area contributed by atoms with Crippen molar-refractivity contribution in [1.29, 1.82) is 0 Å². The van der Waals surface area contributed by atoms with Crippen molar-refractivity contribution in [2.45, 2.75) is 13.0 Å². The Kier molecular flexibility index (Phi) is 7.13. The van der Waals surface area contributed by atoms with Gasteiger partial charge in [0.05, 0.1) is 25.1 Å². The van der Waals surface area contributed by atoms with Crippen molar-refractivity contribution in [2.75, 3.05) is 34.9 Å². The summed E-state index contributed by atoms with van der Waals surface area (Å²) in [5.74, 6) is 1.64. The SMILES string of the molecule is COc1cc2nc(/C=C/c3ccc(Cl)cc3)n(CCCN(C)C)c(=O)c2cc1OC. The van der Waals surface area contributed by atoms with Crippen LogP contribution in [0.1, 0.15) is 17.8 Å². The summed E-state index contributed by atoms with van der Waals surface area (Å²) < 4.78 is 12.5. The fraction of sp³-hybridized carbons (Fsp3) is 0.304. The smallest absolute Gasteiger partial charge is 0.261 e. The third kappa shape index (κ3) is 5.01. The standard InChI is InChI=1S/C23H26ClN3O3/c1-26(2)12-5-13-27-22(11-8-16-6-9-17(24)10-7-16)25-19-15-21(30-4)20(29-3)14-18(19)23(27)28/h6-11,14-15H,5,12-13H2,1-4H3/b11-8+. The summed E-state index contributed by atoms with van der Waals surface area (Å²) in [6, 6.07) is 10.9. The molecule has 0 fully saturated rings. The number of halogens is 1. The van der Waals surface area contributed by atoms with E-state index in [2.05, 4.69) is 4.90 Å². The summed E-state index contributed by atoms with van der Waals surface area (Å²) in [6.07, 6.45) is 4.61. The van der Waals surface area contributed by atoms with Crippen LogP contribution >= 0.6 is 11.6 Å². The monoisotopic (exact) mass is 427 g/mol. The first-order valence-electron chi connectivity index (χ1n) is 9.68. The van der Waals surface area contributed by atoms with E-state index in [1.165, 1.54) is 0 Å². The van der Waals surface area contributed by atoms with Crippen LogP contribution in [-0.4, -0.2) is 49.3 Å². The molecule has 1 heterocycles. The summed E-state index contributed by atoms with van der Waals surface area (Å²) in [5, 5.41) is 1.18. The van der Waals surface area contributed by atoms with Crippen LogP contribution in [0.3, 0.4) is 0 Å². The van der Waals surface area contributed by atoms with Crippen molar-refractivity contribution >= 4 is 34.7 Å². The van der Waals surface area contributed by atoms with Gasteiger partial charge < -0.3 is 14.4 Å². The molecule has 0 unspecified atom stereocenters. The van der Waals surface area contributed by atoms with Gasteiger partial charge in [0.1, 0.15) is 5.82 Å². The van der Waals surface area contributed by atoms with E-state index in [1.807, 2.05) is 50.5 Å². The predicted molar refractivity (Wildman–Crippen MR) is 123 cm³/mol. The first kappa shape index (κ1) is 21.9. The van der Waals surface area contributed by atoms with Crippen LogP contribution in [0.15, 0.2) is 41.2 Å². The van der Waals surface area contributed by atoms with E-state index in [0.29, 0.717) is 39.8 Å². The van der Waals surface area contributed by atoms with Gasteiger partial charge in [-0.25, -0.2) is 4.98 Å². The number of nitrogens with zero attached hydrogens (tertiary/aromatic N) is 3. The number of hydrogen-bond acceptors (Lipinski definition) is 5. The van der Waals surface area contributed by atoms with Crippen molar-refractivity contribution in [3.8, 4) is 11.5 Å². The van der Waals surface area contributed by atoms with Gasteiger partial charge in [0.2, 0.25) is 0 Å². The molecule has 1 aromatic heterocycles. The lowest BCUT2D eigenvalue weighted by atomic mass is 10.2. The number of rotatable bonds is 8. The number of ether oxygens (including phenoxy) is 2. The van der Waals surface area contributed by atoms with Crippen LogP contribution in [0.4, 0.5) is 0 Å². The molecule has 0 bridgehead atoms. The van der Waals surface area contributed by atoms with E-state index in [1.54, 1.807) is 30.9 Å². The maximum Gasteiger partial charge on any atom is 0.261 e. The van der Waals surface area contributed by atoms with Crippen molar-refractivity contribution in [3.05, 3.63) is 63.2 Å². The minimum atomic E-state index is -0.101. The largest absolute Gasteiger partial charge is 0.493 e. The van der Waals surface area contributed by atoms with Crippen LogP contribution in [-0.2, 0) is 6.54 Å². The molecule has 0 aliphatic carbocycles. The van der Waals surface area contributed by atoms with E-state index in [9.17, 15) is 4.79 Å². The second-order valence-electron chi connectivity index (χ2n) is 7.19. The fourth-order valence-corrected chi connectivity index (χ4v) is 3.32. The Hall–Kier alpha value is -2.83. The van der Waals surface area contributed by atoms with Crippen LogP contribution in [0.25, 0.3) is 23.1 Å². The number of hydrogen-bond donors (Lipinski definition) is 0. The van der Waals surface area contributed by atoms with Crippen molar-refractivity contribution in [2.24, 2.45) is 0 Å². The number of benzene rings is 2. The third-order valence-electron chi connectivity index (χ3n) is 4.77. The van der Waals surface area contributed by atoms with Gasteiger partial charge in [-0.05, 0) is 56.9 Å². The van der Waals surface area contributed by atoms with Crippen LogP contribution in [0.2, 0.25) is 5.02 Å². The highest BCUT2D eigenvalue weighted by Gasteiger charge is 2.14. The minimum Gasteiger partial charge on any atom is -0.493 e. The Morgan fingerprint density at radius 1 is 1.07 bits per heavy atom. The van der Waals surface area contributed by atoms with Crippen molar-refractivity contribution < 1.29 is 9.47 Å². The molecule has 2 aromatic carbocycles. The van der Waals surface area contributed by atoms with E-state index in [0.717, 1.165) is 18.5 Å². The quantitative estimate of drug-likeness (QED) is 0.539. The predicted octanol–water partition coefficient (Wildman–Crippen LogP) is 4.19. The lowest BCUT2D eigenvalue weighted by Gasteiger charge is -2.15. The van der Waals surface area contributed by atoms with Crippen molar-refractivity contribution in [3.63, 3.8) is 0 Å². The van der Waals surface area contributed by atoms with Gasteiger partial charge in [0, 0.05) is 17.6 Å². The normalized spacial score (nSPS) is 11.5. The Bertz CT molecular complexity index is 1110. The molecule has 0 amide bonds. The molecule has 0 N–H and O–H groups in total. The van der Waals surface area contributed by atoms with Gasteiger partial charge in [-0.3, -0.25) is 9.36 Å². The summed E-state index contributed by atoms with van der Waals surface area (Å²) in [7, 11) is 7.14. The molecule has 0 atom stereocenters. The third-order valence-corrected chi connectivity index (χ3v) is 5.02. The van der Waals surface area contributed by atoms with E-state index in [-0.39, 0.29) is 5.56 Å². The number of fused-ring (bicyclic) bond motifs is 1. The number of aromatic nitrogens is 2. The van der Waals surface area contributed by atoms with Gasteiger partial charge in [-0.15, -0.1) is 0 Å². The topological polar surface area (TPSA) is 56.6 Å². The average Bonchev–Trinajstić information content (AvgIpc) is 2.74. The highest BCUT2D eigenvalue weighted by atomic mass is 35.5. The summed E-state index contributed by atoms with van der Waals surface area (Å²) in [5.41, 5.74) is 1.44. The van der Waals surface area contributed by atoms with Gasteiger partial charge in [-0.1, -0.05) is 29.8 Å². The Labute approximate surface area is 181 Å². The molecule has 158 valence electrons. The summed E-state index contributed by atoms with van der Waals surface area (Å²) in [6.45, 7) is 1.44. The first-order valence-corrected chi connectivity index (χ1v) is 10.1. The lowest BCUT2D eigenvalue weighted by Crippen LogP contribution is -2.26. The molecule has 0 aliphatic heterocycles. The molecule has 0 saturated carbocycles. The highest BCUT2D eigenvalue weighted by molar-refractivity contribution is 6.30. The minimum absolute atomic E-state index is 0.101. The Morgan fingerprint density at radius 3 is 2.37 bits per heavy atom. The van der Waals surface area contributed by atoms with Crippen LogP contribution in [0.5, 0.6) is 11.5 Å². The Balaban J connectivity index is 2.11. The van der Waals surface area contributed by atoms with E-state index >= 15 is 0 Å². The zero-order chi connectivity index (χ0) is 21.7. The molecule has 0 aliphatic rings. The molecule has 0 spiro atoms. The molecule has 0 saturated heterocycles. The molecule has 30 heavy (non-hydrogen) atoms. The van der Waals surface area contributed by atoms with E-state index in [4.69, 9.17) is 26.1 Å². The molecule has 0 radical (unpaired) electrons. The molecule has 7 heteroatoms. The molecular formula is C23H26ClN3O3. The van der Waals surface area contributed by atoms with Gasteiger partial charge in [0.25, 0.3) is 5.56 Å². The van der Waals surface area contributed by atoms with Crippen molar-refractivity contribution in [1.82, 2.24) is 14.5 Å². The molecule has 3 aromatic rings. The molecule has 3 rings (SSSR count). The molecular weight excluding hydrogens is 402 g/mol. The Morgan fingerprint density at radius 2 is 1.73 bits per heavy atom. The second-order valence-corrected chi connectivity index (χ2v) is 7.63. The van der Waals surface area contributed by atoms with Gasteiger partial charge in [-0.2, -0.15) is 0 Å². The molecule has 6 nitrogen and oxygen atoms in total. The second kappa shape index (κ2) is 9.78. The van der Waals surface area contributed by atoms with Gasteiger partial charge in [0.15, 0.2) is 11.5 Å². The summed E-state index contributed by atoms with van der Waals surface area (Å²) in [4.78, 5) is 20.2. The zero-order valence-corrected chi connectivity index (χ0v) is 18.4. The first-order chi connectivity index (χ1) is 14.4. The zero-order valence-electron chi connectivity index (χ0n) is 17.7.